The van der Waals surface area contributed by atoms with E-state index in [4.69, 9.17) is 14.2 Å². The van der Waals surface area contributed by atoms with Gasteiger partial charge in [0.25, 0.3) is 0 Å². The average molecular weight is 364 g/mol. The second kappa shape index (κ2) is 8.58. The van der Waals surface area contributed by atoms with Crippen molar-refractivity contribution in [1.29, 1.82) is 0 Å². The summed E-state index contributed by atoms with van der Waals surface area (Å²) in [6.07, 6.45) is -0.656. The topological polar surface area (TPSA) is 44.8 Å². The van der Waals surface area contributed by atoms with Crippen molar-refractivity contribution in [2.24, 2.45) is 5.92 Å². The highest BCUT2D eigenvalue weighted by atomic mass is 16.6. The summed E-state index contributed by atoms with van der Waals surface area (Å²) in [7, 11) is 0. The number of carbonyl (C=O) groups is 1. The Morgan fingerprint density at radius 2 is 1.44 bits per heavy atom. The van der Waals surface area contributed by atoms with Crippen molar-refractivity contribution >= 4 is 16.7 Å². The average Bonchev–Trinajstić information content (AvgIpc) is 2.67. The summed E-state index contributed by atoms with van der Waals surface area (Å²) in [6, 6.07) is 21.3. The van der Waals surface area contributed by atoms with Crippen LogP contribution in [0.4, 0.5) is 0 Å². The Balaban J connectivity index is 1.60. The zero-order chi connectivity index (χ0) is 19.2. The van der Waals surface area contributed by atoms with E-state index in [9.17, 15) is 4.79 Å². The van der Waals surface area contributed by atoms with Gasteiger partial charge in [0.15, 0.2) is 6.10 Å². The van der Waals surface area contributed by atoms with Gasteiger partial charge < -0.3 is 14.2 Å². The second-order valence-electron chi connectivity index (χ2n) is 6.87. The smallest absolute Gasteiger partial charge is 0.347 e. The minimum Gasteiger partial charge on any atom is -0.479 e. The fourth-order valence-corrected chi connectivity index (χ4v) is 2.57. The summed E-state index contributed by atoms with van der Waals surface area (Å²) in [5.74, 6) is 2.00. The third-order valence-electron chi connectivity index (χ3n) is 3.98. The van der Waals surface area contributed by atoms with E-state index < -0.39 is 6.10 Å². The van der Waals surface area contributed by atoms with Gasteiger partial charge >= 0.3 is 5.97 Å². The number of esters is 1. The molecule has 0 spiro atoms. The molecule has 3 aromatic rings. The number of hydrogen-bond donors (Lipinski definition) is 0. The fraction of sp³-hybridized carbons (Fsp3) is 0.261. The van der Waals surface area contributed by atoms with Crippen molar-refractivity contribution in [3.63, 3.8) is 0 Å². The van der Waals surface area contributed by atoms with Crippen molar-refractivity contribution in [3.05, 3.63) is 66.7 Å². The van der Waals surface area contributed by atoms with Gasteiger partial charge in [0.05, 0.1) is 6.61 Å². The molecule has 4 heteroatoms. The largest absolute Gasteiger partial charge is 0.479 e. The molecule has 140 valence electrons. The summed E-state index contributed by atoms with van der Waals surface area (Å²) < 4.78 is 16.7. The zero-order valence-electron chi connectivity index (χ0n) is 15.8. The number of fused-ring (bicyclic) bond motifs is 1. The van der Waals surface area contributed by atoms with Crippen molar-refractivity contribution in [1.82, 2.24) is 0 Å². The van der Waals surface area contributed by atoms with Gasteiger partial charge in [-0.15, -0.1) is 0 Å². The predicted octanol–water partition coefficient (Wildman–Crippen LogP) is 5.60. The molecule has 0 heterocycles. The number of carbonyl (C=O) groups excluding carboxylic acids is 1. The molecule has 0 radical (unpaired) electrons. The van der Waals surface area contributed by atoms with Crippen LogP contribution >= 0.6 is 0 Å². The molecule has 0 aliphatic carbocycles. The molecule has 0 saturated carbocycles. The molecule has 0 bridgehead atoms. The van der Waals surface area contributed by atoms with E-state index in [0.717, 1.165) is 11.1 Å². The molecule has 3 rings (SSSR count). The van der Waals surface area contributed by atoms with Crippen molar-refractivity contribution < 1.29 is 19.0 Å². The van der Waals surface area contributed by atoms with Gasteiger partial charge in [-0.25, -0.2) is 4.79 Å². The van der Waals surface area contributed by atoms with Crippen molar-refractivity contribution in [3.8, 4) is 17.2 Å². The van der Waals surface area contributed by atoms with Crippen LogP contribution in [0.1, 0.15) is 20.8 Å². The van der Waals surface area contributed by atoms with E-state index in [1.165, 1.54) is 5.39 Å². The van der Waals surface area contributed by atoms with Gasteiger partial charge in [0, 0.05) is 0 Å². The standard InChI is InChI=1S/C23H24O4/c1-16(2)15-25-23(24)17(3)26-20-10-12-21(13-11-20)27-22-9-8-18-6-4-5-7-19(18)14-22/h4-14,16-17H,15H2,1-3H3. The second-order valence-corrected chi connectivity index (χ2v) is 6.87. The van der Waals surface area contributed by atoms with E-state index in [0.29, 0.717) is 24.0 Å². The maximum atomic E-state index is 11.9. The van der Waals surface area contributed by atoms with Gasteiger partial charge in [-0.05, 0) is 60.0 Å². The molecule has 0 aliphatic rings. The lowest BCUT2D eigenvalue weighted by atomic mass is 10.1. The van der Waals surface area contributed by atoms with Crippen LogP contribution in [0.3, 0.4) is 0 Å². The van der Waals surface area contributed by atoms with Crippen LogP contribution in [-0.2, 0) is 9.53 Å². The Kier molecular flexibility index (Phi) is 5.97. The first-order valence-electron chi connectivity index (χ1n) is 9.11. The van der Waals surface area contributed by atoms with Crippen molar-refractivity contribution in [2.45, 2.75) is 26.9 Å². The predicted molar refractivity (Wildman–Crippen MR) is 106 cm³/mol. The molecule has 0 amide bonds. The van der Waals surface area contributed by atoms with E-state index in [-0.39, 0.29) is 5.97 Å². The molecular weight excluding hydrogens is 340 g/mol. The summed E-state index contributed by atoms with van der Waals surface area (Å²) in [4.78, 5) is 11.9. The van der Waals surface area contributed by atoms with Gasteiger partial charge in [-0.2, -0.15) is 0 Å². The summed E-state index contributed by atoms with van der Waals surface area (Å²) in [5, 5.41) is 2.30. The van der Waals surface area contributed by atoms with E-state index in [1.54, 1.807) is 19.1 Å². The Hall–Kier alpha value is -3.01. The van der Waals surface area contributed by atoms with Crippen LogP contribution in [0.15, 0.2) is 66.7 Å². The third-order valence-corrected chi connectivity index (χ3v) is 3.98. The Morgan fingerprint density at radius 1 is 0.815 bits per heavy atom. The normalized spacial score (nSPS) is 12.0. The van der Waals surface area contributed by atoms with Gasteiger partial charge in [0.2, 0.25) is 0 Å². The maximum Gasteiger partial charge on any atom is 0.347 e. The number of ether oxygens (including phenoxy) is 3. The Bertz CT molecular complexity index is 900. The van der Waals surface area contributed by atoms with Crippen LogP contribution in [-0.4, -0.2) is 18.7 Å². The first kappa shape index (κ1) is 18.8. The van der Waals surface area contributed by atoms with Gasteiger partial charge in [0.1, 0.15) is 17.2 Å². The van der Waals surface area contributed by atoms with Crippen LogP contribution in [0.25, 0.3) is 10.8 Å². The SMILES string of the molecule is CC(C)COC(=O)C(C)Oc1ccc(Oc2ccc3ccccc3c2)cc1. The lowest BCUT2D eigenvalue weighted by Gasteiger charge is -2.15. The lowest BCUT2D eigenvalue weighted by Crippen LogP contribution is -2.27. The highest BCUT2D eigenvalue weighted by Gasteiger charge is 2.16. The molecular formula is C23H24O4. The van der Waals surface area contributed by atoms with Gasteiger partial charge in [-0.3, -0.25) is 0 Å². The molecule has 4 nitrogen and oxygen atoms in total. The van der Waals surface area contributed by atoms with Crippen LogP contribution in [0, 0.1) is 5.92 Å². The maximum absolute atomic E-state index is 11.9. The molecule has 3 aromatic carbocycles. The van der Waals surface area contributed by atoms with Gasteiger partial charge in [-0.1, -0.05) is 44.2 Å². The summed E-state index contributed by atoms with van der Waals surface area (Å²) in [5.41, 5.74) is 0. The molecule has 1 atom stereocenters. The number of hydrogen-bond acceptors (Lipinski definition) is 4. The molecule has 0 aromatic heterocycles. The number of benzene rings is 3. The van der Waals surface area contributed by atoms with Crippen molar-refractivity contribution in [2.75, 3.05) is 6.61 Å². The molecule has 0 fully saturated rings. The van der Waals surface area contributed by atoms with Crippen LogP contribution < -0.4 is 9.47 Å². The highest BCUT2D eigenvalue weighted by molar-refractivity contribution is 5.83. The molecule has 0 N–H and O–H groups in total. The van der Waals surface area contributed by atoms with Crippen LogP contribution in [0.2, 0.25) is 0 Å². The molecule has 27 heavy (non-hydrogen) atoms. The molecule has 1 unspecified atom stereocenters. The minimum atomic E-state index is -0.656. The third kappa shape index (κ3) is 5.23. The quantitative estimate of drug-likeness (QED) is 0.512. The fourth-order valence-electron chi connectivity index (χ4n) is 2.57. The van der Waals surface area contributed by atoms with E-state index in [2.05, 4.69) is 12.1 Å². The Labute approximate surface area is 159 Å². The minimum absolute atomic E-state index is 0.299. The summed E-state index contributed by atoms with van der Waals surface area (Å²) in [6.45, 7) is 6.06. The zero-order valence-corrected chi connectivity index (χ0v) is 15.8. The monoisotopic (exact) mass is 364 g/mol. The lowest BCUT2D eigenvalue weighted by molar-refractivity contribution is -0.152. The Morgan fingerprint density at radius 3 is 2.15 bits per heavy atom. The molecule has 0 saturated heterocycles. The first-order valence-corrected chi connectivity index (χ1v) is 9.11. The van der Waals surface area contributed by atoms with E-state index >= 15 is 0 Å². The summed E-state index contributed by atoms with van der Waals surface area (Å²) >= 11 is 0. The van der Waals surface area contributed by atoms with Crippen LogP contribution in [0.5, 0.6) is 17.2 Å². The molecule has 0 aliphatic heterocycles. The highest BCUT2D eigenvalue weighted by Crippen LogP contribution is 2.27. The van der Waals surface area contributed by atoms with E-state index in [1.807, 2.05) is 56.3 Å². The first-order chi connectivity index (χ1) is 13.0. The number of rotatable bonds is 7.